The van der Waals surface area contributed by atoms with Crippen LogP contribution in [-0.4, -0.2) is 33.0 Å². The predicted molar refractivity (Wildman–Crippen MR) is 165 cm³/mol. The van der Waals surface area contributed by atoms with E-state index in [1.165, 1.54) is 36.2 Å². The van der Waals surface area contributed by atoms with Crippen molar-refractivity contribution in [1.82, 2.24) is 26.2 Å². The van der Waals surface area contributed by atoms with Crippen LogP contribution in [0.25, 0.3) is 10.8 Å². The molecular formula is C28H24F6N10S2. The molecule has 0 saturated carbocycles. The SMILES string of the molecule is NN/N=C(\N)CN(Sc1ccc(C(F)(F)F)cc1)c1ccc(N(Cc2nn[nH]n2)Sc2ccc(C(F)(F)F)cc2)c2ccccc12. The van der Waals surface area contributed by atoms with Crippen LogP contribution >= 0.6 is 23.9 Å². The van der Waals surface area contributed by atoms with Gasteiger partial charge in [-0.25, -0.2) is 11.4 Å². The topological polar surface area (TPSA) is 137 Å². The van der Waals surface area contributed by atoms with Gasteiger partial charge in [0.25, 0.3) is 0 Å². The number of amidine groups is 1. The third-order valence-corrected chi connectivity index (χ3v) is 8.46. The molecule has 0 fully saturated rings. The number of alkyl halides is 6. The molecule has 0 aliphatic carbocycles. The lowest BCUT2D eigenvalue weighted by atomic mass is 10.1. The van der Waals surface area contributed by atoms with Crippen LogP contribution in [-0.2, 0) is 18.9 Å². The molecule has 5 aromatic rings. The molecule has 0 radical (unpaired) electrons. The summed E-state index contributed by atoms with van der Waals surface area (Å²) in [6.07, 6.45) is -8.96. The molecule has 0 bridgehead atoms. The Morgan fingerprint density at radius 3 is 1.72 bits per heavy atom. The number of hydrogen-bond donors (Lipinski definition) is 4. The summed E-state index contributed by atoms with van der Waals surface area (Å²) in [4.78, 5) is 1.04. The second-order valence-corrected chi connectivity index (χ2v) is 11.7. The Kier molecular flexibility index (Phi) is 9.78. The summed E-state index contributed by atoms with van der Waals surface area (Å²) in [6.45, 7) is 0.170. The number of hydrazine groups is 1. The molecule has 0 aliphatic heterocycles. The molecule has 0 amide bonds. The van der Waals surface area contributed by atoms with Gasteiger partial charge in [0.2, 0.25) is 0 Å². The zero-order valence-electron chi connectivity index (χ0n) is 23.4. The molecule has 5 rings (SSSR count). The fraction of sp³-hybridized carbons (Fsp3) is 0.143. The molecule has 0 atom stereocenters. The van der Waals surface area contributed by atoms with Gasteiger partial charge in [0.15, 0.2) is 5.82 Å². The van der Waals surface area contributed by atoms with Gasteiger partial charge in [0, 0.05) is 20.6 Å². The Morgan fingerprint density at radius 1 is 0.761 bits per heavy atom. The van der Waals surface area contributed by atoms with E-state index in [-0.39, 0.29) is 18.9 Å². The highest BCUT2D eigenvalue weighted by Crippen LogP contribution is 2.42. The number of fused-ring (bicyclic) bond motifs is 1. The minimum Gasteiger partial charge on any atom is -0.384 e. The van der Waals surface area contributed by atoms with Crippen molar-refractivity contribution in [2.45, 2.75) is 28.7 Å². The number of hydrazone groups is 1. The smallest absolute Gasteiger partial charge is 0.384 e. The zero-order valence-corrected chi connectivity index (χ0v) is 25.1. The second kappa shape index (κ2) is 13.8. The number of aromatic amines is 1. The van der Waals surface area contributed by atoms with Gasteiger partial charge in [-0.2, -0.15) is 36.7 Å². The van der Waals surface area contributed by atoms with Crippen LogP contribution < -0.4 is 25.7 Å². The van der Waals surface area contributed by atoms with Crippen molar-refractivity contribution < 1.29 is 26.3 Å². The van der Waals surface area contributed by atoms with Crippen LogP contribution in [0.4, 0.5) is 37.7 Å². The lowest BCUT2D eigenvalue weighted by molar-refractivity contribution is -0.138. The van der Waals surface area contributed by atoms with E-state index < -0.39 is 23.5 Å². The molecule has 4 aromatic carbocycles. The molecular weight excluding hydrogens is 655 g/mol. The molecule has 0 saturated heterocycles. The van der Waals surface area contributed by atoms with Crippen molar-refractivity contribution in [3.63, 3.8) is 0 Å². The summed E-state index contributed by atoms with van der Waals surface area (Å²) < 4.78 is 82.6. The molecule has 240 valence electrons. The highest BCUT2D eigenvalue weighted by molar-refractivity contribution is 8.01. The number of aromatic nitrogens is 4. The van der Waals surface area contributed by atoms with E-state index in [0.29, 0.717) is 27.0 Å². The molecule has 0 spiro atoms. The highest BCUT2D eigenvalue weighted by atomic mass is 32.2. The first-order valence-electron chi connectivity index (χ1n) is 13.2. The molecule has 18 heteroatoms. The van der Waals surface area contributed by atoms with E-state index in [1.54, 1.807) is 10.4 Å². The lowest BCUT2D eigenvalue weighted by Gasteiger charge is -2.28. The first-order chi connectivity index (χ1) is 21.9. The van der Waals surface area contributed by atoms with E-state index in [2.05, 4.69) is 31.3 Å². The number of H-pyrrole nitrogens is 1. The number of nitrogens with one attached hydrogen (secondary N) is 2. The number of nitrogens with two attached hydrogens (primary N) is 2. The summed E-state index contributed by atoms with van der Waals surface area (Å²) in [5.74, 6) is 5.76. The monoisotopic (exact) mass is 678 g/mol. The summed E-state index contributed by atoms with van der Waals surface area (Å²) in [5.41, 5.74) is 8.00. The van der Waals surface area contributed by atoms with Crippen LogP contribution in [0.2, 0.25) is 0 Å². The van der Waals surface area contributed by atoms with E-state index in [1.807, 2.05) is 34.6 Å². The van der Waals surface area contributed by atoms with Gasteiger partial charge < -0.3 is 14.3 Å². The van der Waals surface area contributed by atoms with E-state index in [4.69, 9.17) is 11.6 Å². The number of anilines is 2. The zero-order chi connectivity index (χ0) is 32.9. The highest BCUT2D eigenvalue weighted by Gasteiger charge is 2.31. The fourth-order valence-electron chi connectivity index (χ4n) is 4.34. The van der Waals surface area contributed by atoms with Crippen LogP contribution in [0.3, 0.4) is 0 Å². The van der Waals surface area contributed by atoms with Gasteiger partial charge in [-0.3, -0.25) is 0 Å². The normalized spacial score (nSPS) is 12.4. The minimum atomic E-state index is -4.48. The Hall–Kier alpha value is -4.68. The standard InChI is InChI=1S/C28H24F6N10S2/c29-27(30,31)17-5-9-19(10-6-17)45-43(15-25(35)37-40-36)23-13-14-24(22-4-2-1-3-21(22)23)44(16-26-38-41-42-39-26)46-20-11-7-18(8-12-20)28(32,33)34/h1-14,40H,15-16,36H2,(H2,35,37)(H,38,39,41,42). The maximum Gasteiger partial charge on any atom is 0.416 e. The summed E-state index contributed by atoms with van der Waals surface area (Å²) >= 11 is 2.33. The van der Waals surface area contributed by atoms with Gasteiger partial charge in [0.05, 0.1) is 35.6 Å². The largest absolute Gasteiger partial charge is 0.416 e. The Bertz CT molecular complexity index is 1780. The summed E-state index contributed by atoms with van der Waals surface area (Å²) in [6, 6.07) is 20.5. The number of benzene rings is 4. The Balaban J connectivity index is 1.55. The summed E-state index contributed by atoms with van der Waals surface area (Å²) in [5, 5.41) is 19.4. The average Bonchev–Trinajstić information content (AvgIpc) is 3.53. The van der Waals surface area contributed by atoms with Crippen molar-refractivity contribution in [1.29, 1.82) is 0 Å². The van der Waals surface area contributed by atoms with Crippen LogP contribution in [0.15, 0.2) is 99.8 Å². The average molecular weight is 679 g/mol. The minimum absolute atomic E-state index is 0.0338. The van der Waals surface area contributed by atoms with Crippen LogP contribution in [0.1, 0.15) is 17.0 Å². The molecule has 6 N–H and O–H groups in total. The van der Waals surface area contributed by atoms with Crippen LogP contribution in [0.5, 0.6) is 0 Å². The van der Waals surface area contributed by atoms with Crippen molar-refractivity contribution in [2.75, 3.05) is 15.2 Å². The van der Waals surface area contributed by atoms with E-state index >= 15 is 0 Å². The number of halogens is 6. The maximum atomic E-state index is 13.2. The quantitative estimate of drug-likeness (QED) is 0.0312. The number of tetrazole rings is 1. The van der Waals surface area contributed by atoms with Gasteiger partial charge >= 0.3 is 12.4 Å². The van der Waals surface area contributed by atoms with Gasteiger partial charge in [-0.05, 0) is 84.6 Å². The van der Waals surface area contributed by atoms with Crippen molar-refractivity contribution in [3.8, 4) is 0 Å². The van der Waals surface area contributed by atoms with Crippen molar-refractivity contribution in [2.24, 2.45) is 16.7 Å². The third-order valence-electron chi connectivity index (χ3n) is 6.40. The molecule has 10 nitrogen and oxygen atoms in total. The Morgan fingerprint density at radius 2 is 1.26 bits per heavy atom. The molecule has 0 aliphatic rings. The second-order valence-electron chi connectivity index (χ2n) is 9.51. The van der Waals surface area contributed by atoms with Gasteiger partial charge in [-0.1, -0.05) is 29.5 Å². The molecule has 1 heterocycles. The maximum absolute atomic E-state index is 13.2. The van der Waals surface area contributed by atoms with E-state index in [9.17, 15) is 26.3 Å². The number of nitrogens with zero attached hydrogens (tertiary/aromatic N) is 6. The molecule has 0 unspecified atom stereocenters. The predicted octanol–water partition coefficient (Wildman–Crippen LogP) is 6.35. The molecule has 1 aromatic heterocycles. The third kappa shape index (κ3) is 7.93. The number of hydrogen-bond acceptors (Lipinski definition) is 10. The van der Waals surface area contributed by atoms with E-state index in [0.717, 1.165) is 47.0 Å². The first kappa shape index (κ1) is 32.7. The summed E-state index contributed by atoms with van der Waals surface area (Å²) in [7, 11) is 0. The molecule has 46 heavy (non-hydrogen) atoms. The van der Waals surface area contributed by atoms with Gasteiger partial charge in [-0.15, -0.1) is 10.2 Å². The van der Waals surface area contributed by atoms with Crippen molar-refractivity contribution in [3.05, 3.63) is 102 Å². The van der Waals surface area contributed by atoms with Gasteiger partial charge in [0.1, 0.15) is 5.84 Å². The Labute approximate surface area is 266 Å². The fourth-order valence-corrected chi connectivity index (χ4v) is 6.26. The lowest BCUT2D eigenvalue weighted by Crippen LogP contribution is -2.32. The van der Waals surface area contributed by atoms with Crippen LogP contribution in [0, 0.1) is 0 Å². The van der Waals surface area contributed by atoms with Crippen molar-refractivity contribution >= 4 is 51.9 Å². The number of rotatable bonds is 11. The first-order valence-corrected chi connectivity index (χ1v) is 14.7.